The molecule has 0 spiro atoms. The summed E-state index contributed by atoms with van der Waals surface area (Å²) in [5.41, 5.74) is 0. The lowest BCUT2D eigenvalue weighted by atomic mass is 9.86. The van der Waals surface area contributed by atoms with Crippen molar-refractivity contribution in [2.75, 3.05) is 46.2 Å². The maximum atomic E-state index is 14.5. The summed E-state index contributed by atoms with van der Waals surface area (Å²) >= 11 is 0. The van der Waals surface area contributed by atoms with Crippen LogP contribution in [0.3, 0.4) is 0 Å². The van der Waals surface area contributed by atoms with E-state index in [4.69, 9.17) is 56.8 Å². The molecule has 6 heterocycles. The van der Waals surface area contributed by atoms with E-state index >= 15 is 0 Å². The van der Waals surface area contributed by atoms with Crippen LogP contribution in [0.15, 0.2) is 0 Å². The molecule has 6 fully saturated rings. The first-order chi connectivity index (χ1) is 63.6. The van der Waals surface area contributed by atoms with E-state index in [0.29, 0.717) is 12.8 Å². The molecule has 0 saturated carbocycles. The van der Waals surface area contributed by atoms with Gasteiger partial charge in [0.1, 0.15) is 128 Å². The van der Waals surface area contributed by atoms with Crippen molar-refractivity contribution in [3.8, 4) is 0 Å². The Morgan fingerprint density at radius 2 is 0.789 bits per heavy atom. The number of hydrogen-bond acceptors (Lipinski definition) is 37. The van der Waals surface area contributed by atoms with E-state index in [0.717, 1.165) is 91.4 Å². The van der Waals surface area contributed by atoms with Crippen molar-refractivity contribution in [3.05, 3.63) is 0 Å². The number of aliphatic carboxylic acids is 2. The fourth-order valence-electron chi connectivity index (χ4n) is 18.5. The van der Waals surface area contributed by atoms with Gasteiger partial charge in [0.25, 0.3) is 11.6 Å². The molecule has 6 aliphatic heterocycles. The molecular weight excluding hydrogens is 1760 g/mol. The highest BCUT2D eigenvalue weighted by atomic mass is 16.8. The molecule has 2 unspecified atom stereocenters. The predicted molar refractivity (Wildman–Crippen MR) is 469 cm³/mol. The Morgan fingerprint density at radius 1 is 0.398 bits per heavy atom. The van der Waals surface area contributed by atoms with E-state index in [1.54, 1.807) is 0 Å². The quantitative estimate of drug-likeness (QED) is 0.0350. The summed E-state index contributed by atoms with van der Waals surface area (Å²) < 4.78 is 72.7. The van der Waals surface area contributed by atoms with Crippen LogP contribution in [0.4, 0.5) is 0 Å². The van der Waals surface area contributed by atoms with E-state index in [1.165, 1.54) is 135 Å². The highest BCUT2D eigenvalue weighted by molar-refractivity contribution is 5.78. The predicted octanol–water partition coefficient (Wildman–Crippen LogP) is -0.213. The first-order valence-corrected chi connectivity index (χ1v) is 48.8. The van der Waals surface area contributed by atoms with Crippen molar-refractivity contribution in [3.63, 3.8) is 0 Å². The van der Waals surface area contributed by atoms with E-state index in [9.17, 15) is 136 Å². The molecule has 6 rings (SSSR count). The van der Waals surface area contributed by atoms with Crippen molar-refractivity contribution < 1.29 is 193 Å². The zero-order chi connectivity index (χ0) is 98.1. The molecule has 0 aromatic rings. The number of carbonyl (C=O) groups is 6. The normalized spacial score (nSPS) is 34.0. The van der Waals surface area contributed by atoms with Crippen molar-refractivity contribution in [2.45, 2.75) is 486 Å². The lowest BCUT2D eigenvalue weighted by Gasteiger charge is -2.53. The van der Waals surface area contributed by atoms with Crippen LogP contribution < -0.4 is 16.0 Å². The lowest BCUT2D eigenvalue weighted by molar-refractivity contribution is -0.407. The van der Waals surface area contributed by atoms with Crippen LogP contribution in [-0.2, 0) is 85.6 Å². The van der Waals surface area contributed by atoms with Crippen LogP contribution >= 0.6 is 0 Å². The van der Waals surface area contributed by atoms with E-state index < -0.39 is 308 Å². The average molecular weight is 1920 g/mol. The molecule has 0 radical (unpaired) electrons. The van der Waals surface area contributed by atoms with Crippen LogP contribution in [0.1, 0.15) is 285 Å². The number of Topliss-reactive ketones (excluding diaryl/α,β-unsaturated/α-hetero) is 1. The monoisotopic (exact) mass is 1920 g/mol. The van der Waals surface area contributed by atoms with Gasteiger partial charge in [-0.1, -0.05) is 226 Å². The summed E-state index contributed by atoms with van der Waals surface area (Å²) in [6.45, 7) is -0.664. The van der Waals surface area contributed by atoms with Crippen LogP contribution in [0.25, 0.3) is 0 Å². The number of rotatable bonds is 67. The van der Waals surface area contributed by atoms with E-state index in [1.807, 2.05) is 0 Å². The third-order valence-corrected chi connectivity index (χ3v) is 26.2. The molecule has 42 heteroatoms. The van der Waals surface area contributed by atoms with Crippen LogP contribution in [0.2, 0.25) is 0 Å². The molecule has 0 aliphatic carbocycles. The van der Waals surface area contributed by atoms with Gasteiger partial charge in [-0.25, -0.2) is 9.59 Å². The molecule has 776 valence electrons. The zero-order valence-electron chi connectivity index (χ0n) is 78.2. The van der Waals surface area contributed by atoms with Gasteiger partial charge in [-0.15, -0.1) is 0 Å². The number of aliphatic hydroxyl groups excluding tert-OH is 19. The second-order valence-corrected chi connectivity index (χ2v) is 37.1. The summed E-state index contributed by atoms with van der Waals surface area (Å²) in [7, 11) is 0. The maximum absolute atomic E-state index is 14.5. The molecule has 3 amide bonds. The fourth-order valence-corrected chi connectivity index (χ4v) is 18.5. The third kappa shape index (κ3) is 36.1. The molecule has 24 N–H and O–H groups in total. The minimum absolute atomic E-state index is 0.113. The third-order valence-electron chi connectivity index (χ3n) is 26.2. The number of unbranched alkanes of at least 4 members (excludes halogenated alkanes) is 32. The average Bonchev–Trinajstić information content (AvgIpc) is 0.746. The standard InChI is InChI=1S/C91H163N3O39/c1-6-8-10-12-14-16-18-20-21-22-23-24-25-26-27-29-31-33-35-37-39-41-66(108)94-56(57(104)40-38-36-34-32-30-28-19-17-15-13-11-9-7-2)51-122-85-76(116)74(114)79(64(49-99)125-85)128-87-77(117)83(80(65(50-100)126-87)129-84-55(42-52(3)101)78(71(111)62(47-97)123-84)127-86-75(115)73(113)70(110)61(46-96)124-86)133-91(89(120)121)44-59(106)68(93-54(5)103)82(132-91)72(112)63(48-98)130-90(88(118)119)43-58(105)67(92-53(4)102)81(131-90)69(109)60(107)45-95/h55-65,67-87,95-100,104-107,109-117H,6-51H2,1-5H3,(H,92,102)(H,93,103)(H,94,108)(H,118,119)(H,120,121)/t55-,56+,57-,58+,59+,60-,61-,62-,63-,64-,65-,67-,68-,69-,70+,71+,72-,73+,74-,75-,76-,77-,78-,79-,80+,81?,82?,83-,84+,85-,86+,87+,90-,91+/m1/s1. The molecule has 0 bridgehead atoms. The number of aliphatic hydroxyl groups is 19. The topological polar surface area (TPSA) is 674 Å². The van der Waals surface area contributed by atoms with E-state index in [2.05, 4.69) is 29.8 Å². The number of ether oxygens (including phenoxy) is 12. The minimum Gasteiger partial charge on any atom is -0.477 e. The van der Waals surface area contributed by atoms with Gasteiger partial charge in [-0.2, -0.15) is 0 Å². The van der Waals surface area contributed by atoms with Crippen molar-refractivity contribution in [1.29, 1.82) is 0 Å². The highest BCUT2D eigenvalue weighted by Crippen LogP contribution is 2.44. The number of carboxylic acid groups (broad SMARTS) is 2. The smallest absolute Gasteiger partial charge is 0.364 e. The number of amides is 3. The number of carboxylic acids is 2. The molecule has 42 nitrogen and oxygen atoms in total. The van der Waals surface area contributed by atoms with Crippen LogP contribution in [0.5, 0.6) is 0 Å². The molecular formula is C91H163N3O39. The zero-order valence-corrected chi connectivity index (χ0v) is 78.2. The molecule has 133 heavy (non-hydrogen) atoms. The van der Waals surface area contributed by atoms with Crippen molar-refractivity contribution >= 4 is 35.4 Å². The Hall–Kier alpha value is -4.22. The summed E-state index contributed by atoms with van der Waals surface area (Å²) in [5, 5.41) is 246. The number of ketones is 1. The van der Waals surface area contributed by atoms with Crippen molar-refractivity contribution in [2.24, 2.45) is 5.92 Å². The summed E-state index contributed by atoms with van der Waals surface area (Å²) in [5.74, 6) is -16.5. The molecule has 0 aromatic heterocycles. The van der Waals surface area contributed by atoms with Gasteiger partial charge in [0.15, 0.2) is 25.2 Å². The first kappa shape index (κ1) is 117. The van der Waals surface area contributed by atoms with Gasteiger partial charge in [0.05, 0.1) is 88.8 Å². The SMILES string of the molecule is CCCCCCCCCCCCCCCCCCCCCCCC(=O)N[C@@H](CO[C@@H]1O[C@H](CO)[C@@H](O[C@@H]2O[C@H](CO)[C@H](O[C@@H]3O[C@H](CO)[C@H](O)[C@H](O[C@@H]4O[C@H](CO)[C@H](O)[C@H](O)[C@H]4O)[C@H]3CC(C)=O)[C@H](O[C@]3(C(=O)O)C[C@H](O)[C@@H](NC(C)=O)C([C@H](O)[C@@H](CO)O[C@]4(C(=O)O)C[C@H](O)[C@@H](NC(C)=O)C([C@H](O)[C@H](O)CO)O4)O3)[C@H]2O)[C@H](O)[C@H]1O)[C@H](O)CCCCCCCCCCCCCCC. The van der Waals surface area contributed by atoms with Gasteiger partial charge in [0.2, 0.25) is 17.7 Å². The van der Waals surface area contributed by atoms with Gasteiger partial charge in [0, 0.05) is 45.4 Å². The Bertz CT molecular complexity index is 3260. The Kier molecular flexibility index (Phi) is 54.3. The maximum Gasteiger partial charge on any atom is 0.364 e. The summed E-state index contributed by atoms with van der Waals surface area (Å²) in [4.78, 5) is 80.7. The van der Waals surface area contributed by atoms with Gasteiger partial charge in [-0.3, -0.25) is 14.4 Å². The fraction of sp³-hybridized carbons (Fsp3) is 0.934. The van der Waals surface area contributed by atoms with Gasteiger partial charge < -0.3 is 185 Å². The first-order valence-electron chi connectivity index (χ1n) is 48.8. The molecule has 0 aromatic carbocycles. The number of hydrogen-bond donors (Lipinski definition) is 24. The second-order valence-electron chi connectivity index (χ2n) is 37.1. The van der Waals surface area contributed by atoms with Crippen molar-refractivity contribution in [1.82, 2.24) is 16.0 Å². The Labute approximate surface area is 779 Å². The highest BCUT2D eigenvalue weighted by Gasteiger charge is 2.64. The summed E-state index contributed by atoms with van der Waals surface area (Å²) in [6, 6.07) is -5.01. The second kappa shape index (κ2) is 61.5. The van der Waals surface area contributed by atoms with Gasteiger partial charge >= 0.3 is 11.9 Å². The molecule has 6 saturated heterocycles. The Morgan fingerprint density at radius 3 is 1.24 bits per heavy atom. The van der Waals surface area contributed by atoms with E-state index in [-0.39, 0.29) is 12.8 Å². The number of carbonyl (C=O) groups excluding carboxylic acids is 4. The number of nitrogens with one attached hydrogen (secondary N) is 3. The lowest BCUT2D eigenvalue weighted by Crippen LogP contribution is -2.72. The minimum atomic E-state index is -3.67. The van der Waals surface area contributed by atoms with Crippen LogP contribution in [-0.4, -0.2) is 390 Å². The van der Waals surface area contributed by atoms with Crippen LogP contribution in [0, 0.1) is 5.92 Å². The Balaban J connectivity index is 1.28. The van der Waals surface area contributed by atoms with Gasteiger partial charge in [-0.05, 0) is 19.8 Å². The summed E-state index contributed by atoms with van der Waals surface area (Å²) in [6.07, 6.45) is -25.5. The molecule has 34 atom stereocenters. The molecule has 6 aliphatic rings. The largest absolute Gasteiger partial charge is 0.477 e.